The highest BCUT2D eigenvalue weighted by molar-refractivity contribution is 7.99. The summed E-state index contributed by atoms with van der Waals surface area (Å²) >= 11 is 1.70. The SMILES string of the molecule is CNC(CSc1ccc(F)cc1)c1ccnn1C. The summed E-state index contributed by atoms with van der Waals surface area (Å²) in [6.07, 6.45) is 1.79. The first-order valence-electron chi connectivity index (χ1n) is 5.74. The second-order valence-electron chi connectivity index (χ2n) is 3.99. The van der Waals surface area contributed by atoms with Crippen LogP contribution in [0.3, 0.4) is 0 Å². The van der Waals surface area contributed by atoms with Crippen LogP contribution in [-0.2, 0) is 7.05 Å². The van der Waals surface area contributed by atoms with Gasteiger partial charge in [-0.3, -0.25) is 4.68 Å². The van der Waals surface area contributed by atoms with Gasteiger partial charge in [0.15, 0.2) is 0 Å². The fraction of sp³-hybridized carbons (Fsp3) is 0.308. The first-order valence-corrected chi connectivity index (χ1v) is 6.73. The number of halogens is 1. The lowest BCUT2D eigenvalue weighted by Crippen LogP contribution is -2.21. The van der Waals surface area contributed by atoms with Crippen molar-refractivity contribution in [3.8, 4) is 0 Å². The fourth-order valence-corrected chi connectivity index (χ4v) is 2.78. The van der Waals surface area contributed by atoms with Gasteiger partial charge in [-0.05, 0) is 37.4 Å². The number of hydrogen-bond donors (Lipinski definition) is 1. The van der Waals surface area contributed by atoms with E-state index in [4.69, 9.17) is 0 Å². The van der Waals surface area contributed by atoms with Crippen LogP contribution in [0.25, 0.3) is 0 Å². The van der Waals surface area contributed by atoms with Crippen LogP contribution in [0.15, 0.2) is 41.4 Å². The maximum absolute atomic E-state index is 12.8. The summed E-state index contributed by atoms with van der Waals surface area (Å²) in [6.45, 7) is 0. The number of aromatic nitrogens is 2. The molecule has 1 heterocycles. The molecule has 96 valence electrons. The van der Waals surface area contributed by atoms with Crippen LogP contribution in [0.4, 0.5) is 4.39 Å². The van der Waals surface area contributed by atoms with Crippen LogP contribution in [0, 0.1) is 5.82 Å². The van der Waals surface area contributed by atoms with E-state index in [0.717, 1.165) is 16.3 Å². The third-order valence-corrected chi connectivity index (χ3v) is 3.90. The van der Waals surface area contributed by atoms with Gasteiger partial charge in [-0.2, -0.15) is 5.10 Å². The highest BCUT2D eigenvalue weighted by Crippen LogP contribution is 2.24. The molecule has 0 aliphatic carbocycles. The van der Waals surface area contributed by atoms with Gasteiger partial charge in [0.25, 0.3) is 0 Å². The number of hydrogen-bond acceptors (Lipinski definition) is 3. The van der Waals surface area contributed by atoms with Crippen molar-refractivity contribution in [2.75, 3.05) is 12.8 Å². The molecule has 3 nitrogen and oxygen atoms in total. The minimum Gasteiger partial charge on any atom is -0.311 e. The number of aryl methyl sites for hydroxylation is 1. The molecular formula is C13H16FN3S. The summed E-state index contributed by atoms with van der Waals surface area (Å²) in [5.74, 6) is 0.679. The van der Waals surface area contributed by atoms with Crippen LogP contribution in [0.1, 0.15) is 11.7 Å². The van der Waals surface area contributed by atoms with Crippen molar-refractivity contribution in [2.24, 2.45) is 7.05 Å². The molecule has 1 unspecified atom stereocenters. The Balaban J connectivity index is 2.00. The van der Waals surface area contributed by atoms with Gasteiger partial charge in [0, 0.05) is 23.9 Å². The molecular weight excluding hydrogens is 249 g/mol. The summed E-state index contributed by atoms with van der Waals surface area (Å²) in [5.41, 5.74) is 1.15. The monoisotopic (exact) mass is 265 g/mol. The third-order valence-electron chi connectivity index (χ3n) is 2.79. The van der Waals surface area contributed by atoms with Crippen LogP contribution < -0.4 is 5.32 Å². The van der Waals surface area contributed by atoms with E-state index in [1.165, 1.54) is 12.1 Å². The second kappa shape index (κ2) is 6.02. The summed E-state index contributed by atoms with van der Waals surface area (Å²) < 4.78 is 14.7. The number of benzene rings is 1. The van der Waals surface area contributed by atoms with Gasteiger partial charge in [-0.25, -0.2) is 4.39 Å². The van der Waals surface area contributed by atoms with Crippen LogP contribution in [-0.4, -0.2) is 22.6 Å². The van der Waals surface area contributed by atoms with Crippen molar-refractivity contribution in [1.82, 2.24) is 15.1 Å². The van der Waals surface area contributed by atoms with Gasteiger partial charge in [0.2, 0.25) is 0 Å². The molecule has 18 heavy (non-hydrogen) atoms. The summed E-state index contributed by atoms with van der Waals surface area (Å²) in [7, 11) is 3.87. The largest absolute Gasteiger partial charge is 0.311 e. The van der Waals surface area contributed by atoms with Crippen molar-refractivity contribution in [1.29, 1.82) is 0 Å². The highest BCUT2D eigenvalue weighted by atomic mass is 32.2. The molecule has 0 aliphatic rings. The maximum atomic E-state index is 12.8. The lowest BCUT2D eigenvalue weighted by atomic mass is 10.2. The van der Waals surface area contributed by atoms with Crippen molar-refractivity contribution < 1.29 is 4.39 Å². The molecule has 0 bridgehead atoms. The number of nitrogens with one attached hydrogen (secondary N) is 1. The van der Waals surface area contributed by atoms with Gasteiger partial charge in [0.1, 0.15) is 5.82 Å². The summed E-state index contributed by atoms with van der Waals surface area (Å²) in [4.78, 5) is 1.07. The predicted octanol–water partition coefficient (Wildman–Crippen LogP) is 2.61. The molecule has 2 aromatic rings. The molecule has 2 rings (SSSR count). The minimum atomic E-state index is -0.198. The van der Waals surface area contributed by atoms with Crippen LogP contribution >= 0.6 is 11.8 Å². The highest BCUT2D eigenvalue weighted by Gasteiger charge is 2.13. The lowest BCUT2D eigenvalue weighted by molar-refractivity contribution is 0.586. The molecule has 0 amide bonds. The molecule has 0 aliphatic heterocycles. The van der Waals surface area contributed by atoms with Gasteiger partial charge in [-0.1, -0.05) is 0 Å². The topological polar surface area (TPSA) is 29.9 Å². The van der Waals surface area contributed by atoms with E-state index in [1.807, 2.05) is 24.8 Å². The zero-order valence-electron chi connectivity index (χ0n) is 10.4. The Kier molecular flexibility index (Phi) is 4.38. The van der Waals surface area contributed by atoms with Crippen molar-refractivity contribution >= 4 is 11.8 Å². The lowest BCUT2D eigenvalue weighted by Gasteiger charge is -2.16. The summed E-state index contributed by atoms with van der Waals surface area (Å²) in [5, 5.41) is 7.44. The first-order chi connectivity index (χ1) is 8.70. The molecule has 0 saturated carbocycles. The van der Waals surface area contributed by atoms with Gasteiger partial charge < -0.3 is 5.32 Å². The number of rotatable bonds is 5. The van der Waals surface area contributed by atoms with E-state index in [9.17, 15) is 4.39 Å². The number of thioether (sulfide) groups is 1. The number of nitrogens with zero attached hydrogens (tertiary/aromatic N) is 2. The first kappa shape index (κ1) is 13.1. The van der Waals surface area contributed by atoms with Gasteiger partial charge in [0.05, 0.1) is 11.7 Å². The van der Waals surface area contributed by atoms with E-state index >= 15 is 0 Å². The smallest absolute Gasteiger partial charge is 0.123 e. The van der Waals surface area contributed by atoms with Crippen LogP contribution in [0.5, 0.6) is 0 Å². The molecule has 0 radical (unpaired) electrons. The van der Waals surface area contributed by atoms with Crippen molar-refractivity contribution in [2.45, 2.75) is 10.9 Å². The summed E-state index contributed by atoms with van der Waals surface area (Å²) in [6, 6.07) is 8.81. The molecule has 1 atom stereocenters. The van der Waals surface area contributed by atoms with Crippen molar-refractivity contribution in [3.05, 3.63) is 48.0 Å². The Morgan fingerprint density at radius 3 is 2.61 bits per heavy atom. The average Bonchev–Trinajstić information content (AvgIpc) is 2.79. The van der Waals surface area contributed by atoms with Crippen LogP contribution in [0.2, 0.25) is 0 Å². The Morgan fingerprint density at radius 2 is 2.06 bits per heavy atom. The predicted molar refractivity (Wildman–Crippen MR) is 72.1 cm³/mol. The van der Waals surface area contributed by atoms with Gasteiger partial charge >= 0.3 is 0 Å². The zero-order valence-corrected chi connectivity index (χ0v) is 11.2. The molecule has 1 N–H and O–H groups in total. The molecule has 1 aromatic heterocycles. The third kappa shape index (κ3) is 3.11. The zero-order chi connectivity index (χ0) is 13.0. The Hall–Kier alpha value is -1.33. The van der Waals surface area contributed by atoms with E-state index in [2.05, 4.69) is 10.4 Å². The van der Waals surface area contributed by atoms with E-state index in [1.54, 1.807) is 30.1 Å². The van der Waals surface area contributed by atoms with E-state index in [-0.39, 0.29) is 11.9 Å². The van der Waals surface area contributed by atoms with Crippen molar-refractivity contribution in [3.63, 3.8) is 0 Å². The molecule has 0 fully saturated rings. The normalized spacial score (nSPS) is 12.6. The fourth-order valence-electron chi connectivity index (χ4n) is 1.75. The molecule has 0 saturated heterocycles. The Bertz CT molecular complexity index is 495. The molecule has 5 heteroatoms. The second-order valence-corrected chi connectivity index (χ2v) is 5.08. The van der Waals surface area contributed by atoms with E-state index in [0.29, 0.717) is 0 Å². The quantitative estimate of drug-likeness (QED) is 0.843. The minimum absolute atomic E-state index is 0.198. The van der Waals surface area contributed by atoms with Gasteiger partial charge in [-0.15, -0.1) is 11.8 Å². The Morgan fingerprint density at radius 1 is 1.33 bits per heavy atom. The average molecular weight is 265 g/mol. The molecule has 0 spiro atoms. The van der Waals surface area contributed by atoms with E-state index < -0.39 is 0 Å². The maximum Gasteiger partial charge on any atom is 0.123 e. The Labute approximate surface area is 110 Å². The molecule has 1 aromatic carbocycles. The standard InChI is InChI=1S/C13H16FN3S/c1-15-12(13-7-8-16-17(13)2)9-18-11-5-3-10(14)4-6-11/h3-8,12,15H,9H2,1-2H3.